The van der Waals surface area contributed by atoms with E-state index in [0.717, 1.165) is 23.7 Å². The Kier molecular flexibility index (Phi) is 1.09. The van der Waals surface area contributed by atoms with E-state index in [4.69, 9.17) is 0 Å². The molecule has 4 saturated carbocycles. The molecule has 0 amide bonds. The van der Waals surface area contributed by atoms with Crippen LogP contribution in [0.4, 0.5) is 0 Å². The van der Waals surface area contributed by atoms with Gasteiger partial charge < -0.3 is 0 Å². The van der Waals surface area contributed by atoms with Gasteiger partial charge in [-0.15, -0.1) is 5.73 Å². The van der Waals surface area contributed by atoms with E-state index in [-0.39, 0.29) is 0 Å². The van der Waals surface area contributed by atoms with Crippen molar-refractivity contribution >= 4 is 0 Å². The lowest BCUT2D eigenvalue weighted by molar-refractivity contribution is 0.0615. The molecule has 0 heterocycles. The maximum atomic E-state index is 4.27. The lowest BCUT2D eigenvalue weighted by atomic mass is 9.42. The zero-order valence-corrected chi connectivity index (χ0v) is 8.43. The van der Waals surface area contributed by atoms with Crippen LogP contribution in [-0.4, -0.2) is 0 Å². The molecule has 5 atom stereocenters. The van der Waals surface area contributed by atoms with Crippen molar-refractivity contribution in [1.29, 1.82) is 0 Å². The molecule has 0 aliphatic heterocycles. The second-order valence-corrected chi connectivity index (χ2v) is 5.03. The third-order valence-electron chi connectivity index (χ3n) is 5.16. The van der Waals surface area contributed by atoms with E-state index in [9.17, 15) is 0 Å². The van der Waals surface area contributed by atoms with Gasteiger partial charge in [0.25, 0.3) is 0 Å². The summed E-state index contributed by atoms with van der Waals surface area (Å²) in [5.74, 6) is 3.36. The summed E-state index contributed by atoms with van der Waals surface area (Å²) < 4.78 is 0. The van der Waals surface area contributed by atoms with Crippen LogP contribution in [0.1, 0.15) is 20.3 Å². The average molecular weight is 172 g/mol. The van der Waals surface area contributed by atoms with Gasteiger partial charge in [0.2, 0.25) is 0 Å². The molecule has 4 aliphatic carbocycles. The lowest BCUT2D eigenvalue weighted by Gasteiger charge is -2.61. The monoisotopic (exact) mass is 172 g/mol. The first kappa shape index (κ1) is 7.64. The molecule has 0 nitrogen and oxygen atoms in total. The van der Waals surface area contributed by atoms with Crippen LogP contribution in [0.25, 0.3) is 0 Å². The molecule has 1 spiro atoms. The third kappa shape index (κ3) is 0.471. The maximum Gasteiger partial charge on any atom is 0.0262 e. The fourth-order valence-corrected chi connectivity index (χ4v) is 4.44. The Hall–Kier alpha value is -0.740. The summed E-state index contributed by atoms with van der Waals surface area (Å²) in [6.07, 6.45) is 1.25. The molecule has 2 bridgehead atoms. The largest absolute Gasteiger partial charge is 0.129 e. The predicted octanol–water partition coefficient (Wildman–Crippen LogP) is 3.18. The minimum atomic E-state index is 0.381. The van der Waals surface area contributed by atoms with Gasteiger partial charge in [0, 0.05) is 5.41 Å². The summed E-state index contributed by atoms with van der Waals surface area (Å²) in [6, 6.07) is 0. The summed E-state index contributed by atoms with van der Waals surface area (Å²) in [7, 11) is 0. The molecule has 68 valence electrons. The standard InChI is InChI=1S/C13H16/c1-5-10-6-11-12-7(2)8(3)13(10,11)9(12)4/h7-8,11-12H,1,4,6H2,2-3H3. The smallest absolute Gasteiger partial charge is 0.0262 e. The van der Waals surface area contributed by atoms with Crippen LogP contribution < -0.4 is 0 Å². The first-order chi connectivity index (χ1) is 6.15. The van der Waals surface area contributed by atoms with Gasteiger partial charge >= 0.3 is 0 Å². The SMILES string of the molecule is C=C=C1CC2C3C(=C)C12C(C)C3C. The Morgan fingerprint density at radius 1 is 1.46 bits per heavy atom. The van der Waals surface area contributed by atoms with E-state index < -0.39 is 0 Å². The second-order valence-electron chi connectivity index (χ2n) is 5.03. The fraction of sp³-hybridized carbons (Fsp3) is 0.615. The van der Waals surface area contributed by atoms with Gasteiger partial charge in [-0.05, 0) is 35.7 Å². The Bertz CT molecular complexity index is 356. The van der Waals surface area contributed by atoms with Crippen molar-refractivity contribution < 1.29 is 0 Å². The minimum Gasteiger partial charge on any atom is -0.129 e. The average Bonchev–Trinajstić information content (AvgIpc) is 2.37. The molecule has 4 fully saturated rings. The Balaban J connectivity index is 2.17. The van der Waals surface area contributed by atoms with E-state index in [1.165, 1.54) is 17.6 Å². The molecule has 0 saturated heterocycles. The van der Waals surface area contributed by atoms with Crippen LogP contribution in [0.2, 0.25) is 0 Å². The normalized spacial score (nSPS) is 56.5. The summed E-state index contributed by atoms with van der Waals surface area (Å²) >= 11 is 0. The van der Waals surface area contributed by atoms with Crippen molar-refractivity contribution in [2.24, 2.45) is 29.1 Å². The van der Waals surface area contributed by atoms with Crippen LogP contribution in [0.5, 0.6) is 0 Å². The number of hydrogen-bond donors (Lipinski definition) is 0. The second kappa shape index (κ2) is 1.86. The molecule has 0 heteroatoms. The van der Waals surface area contributed by atoms with Gasteiger partial charge in [0.15, 0.2) is 0 Å². The molecule has 0 aromatic rings. The van der Waals surface area contributed by atoms with E-state index >= 15 is 0 Å². The predicted molar refractivity (Wildman–Crippen MR) is 54.2 cm³/mol. The van der Waals surface area contributed by atoms with E-state index in [2.05, 4.69) is 32.7 Å². The van der Waals surface area contributed by atoms with Crippen molar-refractivity contribution in [3.8, 4) is 0 Å². The number of rotatable bonds is 0. The van der Waals surface area contributed by atoms with Gasteiger partial charge in [-0.3, -0.25) is 0 Å². The van der Waals surface area contributed by atoms with Gasteiger partial charge in [-0.2, -0.15) is 0 Å². The highest BCUT2D eigenvalue weighted by Gasteiger charge is 2.75. The molecule has 4 rings (SSSR count). The van der Waals surface area contributed by atoms with Gasteiger partial charge in [-0.25, -0.2) is 0 Å². The first-order valence-electron chi connectivity index (χ1n) is 5.24. The van der Waals surface area contributed by atoms with Crippen LogP contribution in [0, 0.1) is 29.1 Å². The van der Waals surface area contributed by atoms with Crippen molar-refractivity contribution in [3.63, 3.8) is 0 Å². The summed E-state index contributed by atoms with van der Waals surface area (Å²) in [5.41, 5.74) is 6.47. The Morgan fingerprint density at radius 3 is 2.62 bits per heavy atom. The molecule has 5 unspecified atom stereocenters. The van der Waals surface area contributed by atoms with E-state index in [1.54, 1.807) is 0 Å². The van der Waals surface area contributed by atoms with Gasteiger partial charge in [0.1, 0.15) is 0 Å². The van der Waals surface area contributed by atoms with Crippen LogP contribution in [-0.2, 0) is 0 Å². The number of allylic oxidation sites excluding steroid dienone is 2. The van der Waals surface area contributed by atoms with Crippen molar-refractivity contribution in [1.82, 2.24) is 0 Å². The summed E-state index contributed by atoms with van der Waals surface area (Å²) in [5, 5.41) is 0. The first-order valence-corrected chi connectivity index (χ1v) is 5.24. The minimum absolute atomic E-state index is 0.381. The summed E-state index contributed by atoms with van der Waals surface area (Å²) in [6.45, 7) is 12.8. The zero-order chi connectivity index (χ0) is 9.38. The highest BCUT2D eigenvalue weighted by atomic mass is 14.8. The molecule has 0 radical (unpaired) electrons. The molecule has 13 heavy (non-hydrogen) atoms. The zero-order valence-electron chi connectivity index (χ0n) is 8.43. The Morgan fingerprint density at radius 2 is 2.15 bits per heavy atom. The Labute approximate surface area is 80.0 Å². The van der Waals surface area contributed by atoms with Crippen molar-refractivity contribution in [3.05, 3.63) is 30.0 Å². The molecule has 0 N–H and O–H groups in total. The number of hydrogen-bond acceptors (Lipinski definition) is 0. The molecular weight excluding hydrogens is 156 g/mol. The molecule has 0 aromatic heterocycles. The van der Waals surface area contributed by atoms with Crippen molar-refractivity contribution in [2.75, 3.05) is 0 Å². The van der Waals surface area contributed by atoms with E-state index in [0.29, 0.717) is 5.41 Å². The maximum absolute atomic E-state index is 4.27. The van der Waals surface area contributed by atoms with Crippen molar-refractivity contribution in [2.45, 2.75) is 20.3 Å². The fourth-order valence-electron chi connectivity index (χ4n) is 4.44. The quantitative estimate of drug-likeness (QED) is 0.389. The molecule has 0 aromatic carbocycles. The van der Waals surface area contributed by atoms with Gasteiger partial charge in [-0.1, -0.05) is 32.6 Å². The summed E-state index contributed by atoms with van der Waals surface area (Å²) in [4.78, 5) is 0. The highest BCUT2D eigenvalue weighted by molar-refractivity contribution is 5.53. The van der Waals surface area contributed by atoms with Gasteiger partial charge in [0.05, 0.1) is 0 Å². The van der Waals surface area contributed by atoms with E-state index in [1.807, 2.05) is 0 Å². The molecular formula is C13H16. The van der Waals surface area contributed by atoms with Crippen LogP contribution in [0.15, 0.2) is 30.0 Å². The lowest BCUT2D eigenvalue weighted by Crippen LogP contribution is -2.54. The molecule has 4 aliphatic rings. The highest BCUT2D eigenvalue weighted by Crippen LogP contribution is 2.81. The van der Waals surface area contributed by atoms with Crippen LogP contribution in [0.3, 0.4) is 0 Å². The topological polar surface area (TPSA) is 0 Å². The number of fused-ring (bicyclic) bond motifs is 1. The third-order valence-corrected chi connectivity index (χ3v) is 5.16. The van der Waals surface area contributed by atoms with Crippen LogP contribution >= 0.6 is 0 Å².